The van der Waals surface area contributed by atoms with Gasteiger partial charge in [0, 0.05) is 0 Å². The van der Waals surface area contributed by atoms with Gasteiger partial charge >= 0.3 is 0 Å². The van der Waals surface area contributed by atoms with Crippen LogP contribution in [0.4, 0.5) is 0 Å². The van der Waals surface area contributed by atoms with Crippen LogP contribution in [0.1, 0.15) is 52.9 Å². The molecule has 0 heterocycles. The predicted octanol–water partition coefficient (Wildman–Crippen LogP) is 4.17. The quantitative estimate of drug-likeness (QED) is 0.504. The third kappa shape index (κ3) is 7.64. The Labute approximate surface area is 71.7 Å². The Morgan fingerprint density at radius 2 is 1.73 bits per heavy atom. The third-order valence-electron chi connectivity index (χ3n) is 2.15. The molecular weight excluding hydrogens is 132 g/mol. The van der Waals surface area contributed by atoms with Crippen molar-refractivity contribution in [2.45, 2.75) is 52.9 Å². The van der Waals surface area contributed by atoms with Crippen LogP contribution in [0.25, 0.3) is 0 Å². The van der Waals surface area contributed by atoms with Crippen LogP contribution in [0.3, 0.4) is 0 Å². The first kappa shape index (κ1) is 10.7. The molecule has 0 N–H and O–H groups in total. The van der Waals surface area contributed by atoms with Crippen LogP contribution >= 0.6 is 0 Å². The molecule has 66 valence electrons. The van der Waals surface area contributed by atoms with Crippen molar-refractivity contribution in [3.63, 3.8) is 0 Å². The zero-order valence-corrected chi connectivity index (χ0v) is 8.27. The van der Waals surface area contributed by atoms with Gasteiger partial charge in [0.2, 0.25) is 0 Å². The van der Waals surface area contributed by atoms with E-state index < -0.39 is 0 Å². The fourth-order valence-electron chi connectivity index (χ4n) is 0.987. The van der Waals surface area contributed by atoms with Gasteiger partial charge in [0.25, 0.3) is 0 Å². The second kappa shape index (κ2) is 7.84. The molecule has 0 fully saturated rings. The normalized spacial score (nSPS) is 14.1. The summed E-state index contributed by atoms with van der Waals surface area (Å²) >= 11 is 0. The molecule has 0 rings (SSSR count). The van der Waals surface area contributed by atoms with Crippen molar-refractivity contribution in [2.75, 3.05) is 0 Å². The molecule has 0 aliphatic rings. The molecule has 0 spiro atoms. The maximum absolute atomic E-state index is 2.33. The second-order valence-corrected chi connectivity index (χ2v) is 3.35. The Bertz CT molecular complexity index is 92.2. The van der Waals surface area contributed by atoms with E-state index in [4.69, 9.17) is 0 Å². The first-order chi connectivity index (χ1) is 5.31. The average Bonchev–Trinajstić information content (AvgIpc) is 2.04. The number of rotatable bonds is 6. The zero-order chi connectivity index (χ0) is 8.53. The van der Waals surface area contributed by atoms with Gasteiger partial charge in [0.05, 0.1) is 0 Å². The SMILES string of the molecule is CCC/C=C/CCC(C)CC. The smallest absolute Gasteiger partial charge is 0.0348 e. The predicted molar refractivity (Wildman–Crippen MR) is 52.7 cm³/mol. The van der Waals surface area contributed by atoms with E-state index in [-0.39, 0.29) is 0 Å². The Hall–Kier alpha value is -0.260. The van der Waals surface area contributed by atoms with E-state index in [9.17, 15) is 0 Å². The highest BCUT2D eigenvalue weighted by atomic mass is 14.0. The van der Waals surface area contributed by atoms with Gasteiger partial charge in [-0.05, 0) is 25.2 Å². The van der Waals surface area contributed by atoms with Crippen molar-refractivity contribution >= 4 is 0 Å². The maximum atomic E-state index is 2.33. The van der Waals surface area contributed by atoms with Crippen molar-refractivity contribution in [3.8, 4) is 0 Å². The van der Waals surface area contributed by atoms with Crippen molar-refractivity contribution in [3.05, 3.63) is 12.2 Å². The summed E-state index contributed by atoms with van der Waals surface area (Å²) in [7, 11) is 0. The summed E-state index contributed by atoms with van der Waals surface area (Å²) in [6.07, 6.45) is 11.1. The van der Waals surface area contributed by atoms with Gasteiger partial charge in [-0.2, -0.15) is 0 Å². The largest absolute Gasteiger partial charge is 0.0885 e. The highest BCUT2D eigenvalue weighted by Gasteiger charge is 1.94. The number of allylic oxidation sites excluding steroid dienone is 2. The monoisotopic (exact) mass is 154 g/mol. The highest BCUT2D eigenvalue weighted by molar-refractivity contribution is 4.81. The standard InChI is InChI=1S/C11H22/c1-4-6-7-8-9-10-11(3)5-2/h7-8,11H,4-6,9-10H2,1-3H3/b8-7+. The third-order valence-corrected chi connectivity index (χ3v) is 2.15. The van der Waals surface area contributed by atoms with E-state index >= 15 is 0 Å². The fourth-order valence-corrected chi connectivity index (χ4v) is 0.987. The van der Waals surface area contributed by atoms with Gasteiger partial charge < -0.3 is 0 Å². The molecule has 0 aliphatic carbocycles. The van der Waals surface area contributed by atoms with Crippen LogP contribution < -0.4 is 0 Å². The Morgan fingerprint density at radius 1 is 1.09 bits per heavy atom. The molecule has 0 aliphatic heterocycles. The topological polar surface area (TPSA) is 0 Å². The minimum atomic E-state index is 0.904. The lowest BCUT2D eigenvalue weighted by Gasteiger charge is -2.03. The van der Waals surface area contributed by atoms with Crippen molar-refractivity contribution in [1.82, 2.24) is 0 Å². The molecule has 0 heteroatoms. The maximum Gasteiger partial charge on any atom is -0.0348 e. The summed E-state index contributed by atoms with van der Waals surface area (Å²) in [6, 6.07) is 0. The van der Waals surface area contributed by atoms with Crippen molar-refractivity contribution in [1.29, 1.82) is 0 Å². The highest BCUT2D eigenvalue weighted by Crippen LogP contribution is 2.09. The minimum absolute atomic E-state index is 0.904. The second-order valence-electron chi connectivity index (χ2n) is 3.35. The van der Waals surface area contributed by atoms with Gasteiger partial charge in [-0.25, -0.2) is 0 Å². The summed E-state index contributed by atoms with van der Waals surface area (Å²) in [5, 5.41) is 0. The molecule has 0 aromatic rings. The van der Waals surface area contributed by atoms with E-state index in [1.165, 1.54) is 32.1 Å². The minimum Gasteiger partial charge on any atom is -0.0885 e. The van der Waals surface area contributed by atoms with Crippen LogP contribution in [0.5, 0.6) is 0 Å². The van der Waals surface area contributed by atoms with E-state index in [1.807, 2.05) is 0 Å². The summed E-state index contributed by atoms with van der Waals surface area (Å²) in [6.45, 7) is 6.81. The molecule has 0 nitrogen and oxygen atoms in total. The first-order valence-corrected chi connectivity index (χ1v) is 4.96. The molecule has 11 heavy (non-hydrogen) atoms. The molecule has 1 unspecified atom stereocenters. The van der Waals surface area contributed by atoms with E-state index in [2.05, 4.69) is 32.9 Å². The van der Waals surface area contributed by atoms with E-state index in [0.29, 0.717) is 0 Å². The van der Waals surface area contributed by atoms with Gasteiger partial charge in [-0.15, -0.1) is 0 Å². The van der Waals surface area contributed by atoms with Crippen LogP contribution in [-0.4, -0.2) is 0 Å². The fraction of sp³-hybridized carbons (Fsp3) is 0.818. The van der Waals surface area contributed by atoms with E-state index in [0.717, 1.165) is 5.92 Å². The van der Waals surface area contributed by atoms with Crippen LogP contribution in [-0.2, 0) is 0 Å². The molecule has 0 amide bonds. The Balaban J connectivity index is 3.12. The average molecular weight is 154 g/mol. The van der Waals surface area contributed by atoms with Gasteiger partial charge in [-0.1, -0.05) is 45.8 Å². The molecule has 1 atom stereocenters. The molecule has 0 aromatic carbocycles. The molecular formula is C11H22. The number of hydrogen-bond donors (Lipinski definition) is 0. The van der Waals surface area contributed by atoms with Gasteiger partial charge in [0.1, 0.15) is 0 Å². The van der Waals surface area contributed by atoms with Crippen LogP contribution in [0.15, 0.2) is 12.2 Å². The van der Waals surface area contributed by atoms with Crippen molar-refractivity contribution in [2.24, 2.45) is 5.92 Å². The lowest BCUT2D eigenvalue weighted by Crippen LogP contribution is -1.89. The van der Waals surface area contributed by atoms with Crippen molar-refractivity contribution < 1.29 is 0 Å². The first-order valence-electron chi connectivity index (χ1n) is 4.96. The Kier molecular flexibility index (Phi) is 7.66. The van der Waals surface area contributed by atoms with Crippen LogP contribution in [0, 0.1) is 5.92 Å². The molecule has 0 aromatic heterocycles. The van der Waals surface area contributed by atoms with Crippen LogP contribution in [0.2, 0.25) is 0 Å². The van der Waals surface area contributed by atoms with E-state index in [1.54, 1.807) is 0 Å². The Morgan fingerprint density at radius 3 is 2.27 bits per heavy atom. The molecule has 0 saturated heterocycles. The molecule has 0 bridgehead atoms. The summed E-state index contributed by atoms with van der Waals surface area (Å²) in [4.78, 5) is 0. The lowest BCUT2D eigenvalue weighted by atomic mass is 10.0. The number of unbranched alkanes of at least 4 members (excludes halogenated alkanes) is 1. The number of hydrogen-bond acceptors (Lipinski definition) is 0. The zero-order valence-electron chi connectivity index (χ0n) is 8.27. The molecule has 0 saturated carbocycles. The van der Waals surface area contributed by atoms with Gasteiger partial charge in [-0.3, -0.25) is 0 Å². The molecule has 0 radical (unpaired) electrons. The summed E-state index contributed by atoms with van der Waals surface area (Å²) in [5.74, 6) is 0.904. The van der Waals surface area contributed by atoms with Gasteiger partial charge in [0.15, 0.2) is 0 Å². The summed E-state index contributed by atoms with van der Waals surface area (Å²) in [5.41, 5.74) is 0. The lowest BCUT2D eigenvalue weighted by molar-refractivity contribution is 0.521. The summed E-state index contributed by atoms with van der Waals surface area (Å²) < 4.78 is 0.